The Balaban J connectivity index is 6.47. The summed E-state index contributed by atoms with van der Waals surface area (Å²) in [5.41, 5.74) is 0. The predicted molar refractivity (Wildman–Crippen MR) is 285 cm³/mol. The zero-order chi connectivity index (χ0) is 47.2. The number of carbonyl (C=O) groups excluding carboxylic acids is 4. The van der Waals surface area contributed by atoms with Gasteiger partial charge in [0.05, 0.1) is 0 Å². The third-order valence-corrected chi connectivity index (χ3v) is 153. The van der Waals surface area contributed by atoms with Crippen LogP contribution in [0, 0.1) is 23.7 Å². The first-order valence-electron chi connectivity index (χ1n) is 25.0. The van der Waals surface area contributed by atoms with Crippen LogP contribution in [0.15, 0.2) is 0 Å². The molecule has 0 rings (SSSR count). The Morgan fingerprint density at radius 1 is 0.365 bits per heavy atom. The number of hydrogen-bond acceptors (Lipinski definition) is 13. The first-order valence-corrected chi connectivity index (χ1v) is 54.7. The van der Waals surface area contributed by atoms with Gasteiger partial charge in [-0.05, 0) is 0 Å². The van der Waals surface area contributed by atoms with Crippen molar-refractivity contribution >= 4 is 94.2 Å². The van der Waals surface area contributed by atoms with Crippen LogP contribution in [0.2, 0.25) is 8.87 Å². The molecule has 15 heteroatoms. The summed E-state index contributed by atoms with van der Waals surface area (Å²) in [6.45, 7) is 24.0. The average molecular weight is 1200 g/mol. The summed E-state index contributed by atoms with van der Waals surface area (Å²) in [5.74, 6) is 3.00. The van der Waals surface area contributed by atoms with Gasteiger partial charge >= 0.3 is 412 Å². The monoisotopic (exact) mass is 1200 g/mol. The van der Waals surface area contributed by atoms with Gasteiger partial charge in [0, 0.05) is 0 Å². The summed E-state index contributed by atoms with van der Waals surface area (Å²) in [4.78, 5) is 53.8. The Labute approximate surface area is 408 Å². The van der Waals surface area contributed by atoms with Crippen molar-refractivity contribution in [3.8, 4) is 0 Å². The molecule has 0 bridgehead atoms. The zero-order valence-electron chi connectivity index (χ0n) is 41.8. The van der Waals surface area contributed by atoms with Crippen LogP contribution in [0.4, 0.5) is 0 Å². The Bertz CT molecular complexity index is 1010. The third-order valence-electron chi connectivity index (χ3n) is 10.4. The predicted octanol–water partition coefficient (Wildman–Crippen LogP) is 15.2. The van der Waals surface area contributed by atoms with Crippen LogP contribution in [0.5, 0.6) is 0 Å². The Morgan fingerprint density at radius 3 is 0.810 bits per heavy atom. The summed E-state index contributed by atoms with van der Waals surface area (Å²) in [5, 5.41) is 0. The molecule has 0 radical (unpaired) electrons. The molecule has 0 amide bonds. The van der Waals surface area contributed by atoms with E-state index < -0.39 is 28.5 Å². The second-order valence-corrected chi connectivity index (χ2v) is 93.7. The molecule has 0 aliphatic carbocycles. The van der Waals surface area contributed by atoms with Gasteiger partial charge in [0.25, 0.3) is 0 Å². The minimum absolute atomic E-state index is 0.185. The van der Waals surface area contributed by atoms with Gasteiger partial charge in [-0.25, -0.2) is 0 Å². The van der Waals surface area contributed by atoms with E-state index in [0.29, 0.717) is 50.1 Å². The second kappa shape index (κ2) is 42.1. The van der Waals surface area contributed by atoms with Gasteiger partial charge in [0.15, 0.2) is 0 Å². The van der Waals surface area contributed by atoms with Crippen LogP contribution >= 0.6 is 41.9 Å². The van der Waals surface area contributed by atoms with Gasteiger partial charge in [-0.1, -0.05) is 0 Å². The van der Waals surface area contributed by atoms with E-state index in [1.54, 1.807) is 35.8 Å². The van der Waals surface area contributed by atoms with E-state index in [2.05, 4.69) is 75.4 Å². The number of hydrogen-bond donors (Lipinski definition) is 0. The molecule has 372 valence electrons. The van der Waals surface area contributed by atoms with Crippen molar-refractivity contribution in [1.82, 2.24) is 0 Å². The third kappa shape index (κ3) is 39.7. The molecule has 0 N–H and O–H groups in total. The minimum atomic E-state index is -3.67. The number of ether oxygens (including phenoxy) is 4. The van der Waals surface area contributed by atoms with E-state index >= 15 is 0 Å². The second-order valence-electron chi connectivity index (χ2n) is 18.7. The summed E-state index contributed by atoms with van der Waals surface area (Å²) in [6.07, 6.45) is 23.1. The molecular weight excluding hydrogens is 1100 g/mol. The summed E-state index contributed by atoms with van der Waals surface area (Å²) >= 11 is -7.34. The van der Waals surface area contributed by atoms with E-state index in [-0.39, 0.29) is 46.9 Å². The maximum atomic E-state index is 13.4. The standard InChI is InChI=1S/4C10H20O2S.2C4H9.S.2Sn/c4*1-9(2)6-4-3-5-7-12-10(11)8-13;2*1-3-4-2;;;/h4*9,13H,3-8H2,1-2H3;2*1,3-4H2,2H3;;;/q;;;;;;;2*+2/p-4. The van der Waals surface area contributed by atoms with Crippen LogP contribution in [0.3, 0.4) is 0 Å². The molecule has 0 spiro atoms. The Hall–Kier alpha value is 1.23. The van der Waals surface area contributed by atoms with E-state index in [9.17, 15) is 19.2 Å². The fourth-order valence-corrected chi connectivity index (χ4v) is 248. The quantitative estimate of drug-likeness (QED) is 0.0250. The maximum absolute atomic E-state index is 13.4. The van der Waals surface area contributed by atoms with Gasteiger partial charge in [-0.15, -0.1) is 0 Å². The molecule has 8 nitrogen and oxygen atoms in total. The van der Waals surface area contributed by atoms with Crippen molar-refractivity contribution in [2.24, 2.45) is 23.7 Å². The number of carbonyl (C=O) groups is 4. The molecule has 0 aromatic rings. The summed E-state index contributed by atoms with van der Waals surface area (Å²) in [7, 11) is 7.17. The molecule has 0 aromatic heterocycles. The summed E-state index contributed by atoms with van der Waals surface area (Å²) < 4.78 is 25.2. The Morgan fingerprint density at radius 2 is 0.603 bits per heavy atom. The molecular formula is C48H94O8S5Sn2. The number of esters is 4. The van der Waals surface area contributed by atoms with Crippen molar-refractivity contribution in [2.45, 2.75) is 207 Å². The van der Waals surface area contributed by atoms with Crippen molar-refractivity contribution in [2.75, 3.05) is 49.4 Å². The number of rotatable bonds is 44. The zero-order valence-corrected chi connectivity index (χ0v) is 51.6. The van der Waals surface area contributed by atoms with E-state index in [1.807, 2.05) is 0 Å². The fraction of sp³-hybridized carbons (Fsp3) is 0.917. The van der Waals surface area contributed by atoms with Crippen LogP contribution in [-0.2, 0) is 38.1 Å². The van der Waals surface area contributed by atoms with Crippen LogP contribution in [-0.4, -0.2) is 102 Å². The molecule has 0 fully saturated rings. The first-order chi connectivity index (χ1) is 30.1. The number of unbranched alkanes of at least 4 members (excludes halogenated alkanes) is 10. The van der Waals surface area contributed by atoms with Crippen LogP contribution in [0.1, 0.15) is 198 Å². The van der Waals surface area contributed by atoms with Gasteiger partial charge < -0.3 is 0 Å². The Kier molecular flexibility index (Phi) is 43.0. The molecule has 63 heavy (non-hydrogen) atoms. The molecule has 0 saturated heterocycles. The van der Waals surface area contributed by atoms with Crippen LogP contribution in [0.25, 0.3) is 0 Å². The van der Waals surface area contributed by atoms with E-state index in [1.165, 1.54) is 25.7 Å². The van der Waals surface area contributed by atoms with Crippen molar-refractivity contribution in [3.05, 3.63) is 0 Å². The fourth-order valence-electron chi connectivity index (χ4n) is 6.53. The van der Waals surface area contributed by atoms with Crippen molar-refractivity contribution in [1.29, 1.82) is 0 Å². The van der Waals surface area contributed by atoms with Gasteiger partial charge in [-0.2, -0.15) is 0 Å². The molecule has 0 aliphatic heterocycles. The van der Waals surface area contributed by atoms with Gasteiger partial charge in [0.2, 0.25) is 0 Å². The molecule has 0 atom stereocenters. The molecule has 0 saturated carbocycles. The molecule has 0 heterocycles. The molecule has 0 unspecified atom stereocenters. The van der Waals surface area contributed by atoms with Crippen molar-refractivity contribution in [3.63, 3.8) is 0 Å². The average Bonchev–Trinajstić information content (AvgIpc) is 3.23. The van der Waals surface area contributed by atoms with E-state index in [4.69, 9.17) is 18.9 Å². The van der Waals surface area contributed by atoms with E-state index in [0.717, 1.165) is 112 Å². The molecule has 0 aliphatic rings. The van der Waals surface area contributed by atoms with Gasteiger partial charge in [0.1, 0.15) is 0 Å². The summed E-state index contributed by atoms with van der Waals surface area (Å²) in [6, 6.07) is 0. The van der Waals surface area contributed by atoms with Gasteiger partial charge in [-0.3, -0.25) is 0 Å². The van der Waals surface area contributed by atoms with Crippen LogP contribution < -0.4 is 0 Å². The topological polar surface area (TPSA) is 105 Å². The normalized spacial score (nSPS) is 12.2. The molecule has 0 aromatic carbocycles. The first kappa shape index (κ1) is 64.2. The van der Waals surface area contributed by atoms with Crippen molar-refractivity contribution < 1.29 is 38.1 Å². The SMILES string of the molecule is CCC[CH2][Sn]([S]CC(=O)OCCCCCC(C)C)([S]CC(=O)OCCCCCC(C)C)[S][Sn]([CH2]CCC)([S]CC(=O)OCCCCCC(C)C)[S]CC(=O)OCCCCCC(C)C.